The van der Waals surface area contributed by atoms with Crippen molar-refractivity contribution in [1.82, 2.24) is 30.1 Å². The highest BCUT2D eigenvalue weighted by Crippen LogP contribution is 2.30. The summed E-state index contributed by atoms with van der Waals surface area (Å²) in [6, 6.07) is 3.89. The van der Waals surface area contributed by atoms with Gasteiger partial charge in [-0.3, -0.25) is 24.5 Å². The third kappa shape index (κ3) is 3.17. The molecular formula is C22H20N6O6. The molecule has 3 saturated heterocycles. The van der Waals surface area contributed by atoms with Crippen LogP contribution in [0.2, 0.25) is 0 Å². The second-order valence-corrected chi connectivity index (χ2v) is 8.89. The molecule has 1 aromatic heterocycles. The van der Waals surface area contributed by atoms with Gasteiger partial charge >= 0.3 is 5.97 Å². The Morgan fingerprint density at radius 3 is 2.79 bits per heavy atom. The number of amides is 4. The smallest absolute Gasteiger partial charge is 0.329 e. The van der Waals surface area contributed by atoms with E-state index in [0.717, 1.165) is 5.56 Å². The van der Waals surface area contributed by atoms with E-state index in [1.54, 1.807) is 18.2 Å². The van der Waals surface area contributed by atoms with Gasteiger partial charge in [0.2, 0.25) is 11.8 Å². The van der Waals surface area contributed by atoms with Crippen LogP contribution in [0.3, 0.4) is 0 Å². The van der Waals surface area contributed by atoms with E-state index in [0.29, 0.717) is 30.6 Å². The largest absolute Gasteiger partial charge is 0.461 e. The van der Waals surface area contributed by atoms with E-state index in [2.05, 4.69) is 15.6 Å². The van der Waals surface area contributed by atoms with E-state index in [4.69, 9.17) is 4.74 Å². The first-order chi connectivity index (χ1) is 16.4. The quantitative estimate of drug-likeness (QED) is 0.476. The maximum absolute atomic E-state index is 13.0. The zero-order valence-corrected chi connectivity index (χ0v) is 18.0. The van der Waals surface area contributed by atoms with Crippen LogP contribution < -0.4 is 5.32 Å². The first-order valence-corrected chi connectivity index (χ1v) is 11.1. The van der Waals surface area contributed by atoms with Gasteiger partial charge in [0, 0.05) is 37.9 Å². The number of benzene rings is 1. The zero-order valence-electron chi connectivity index (χ0n) is 18.0. The summed E-state index contributed by atoms with van der Waals surface area (Å²) in [6.45, 7) is 0.686. The number of nitrogens with one attached hydrogen (secondary N) is 1. The van der Waals surface area contributed by atoms with Gasteiger partial charge in [0.25, 0.3) is 11.8 Å². The van der Waals surface area contributed by atoms with Crippen molar-refractivity contribution in [1.29, 1.82) is 0 Å². The number of rotatable bonds is 3. The Kier molecular flexibility index (Phi) is 4.51. The van der Waals surface area contributed by atoms with Gasteiger partial charge in [-0.05, 0) is 24.1 Å². The monoisotopic (exact) mass is 464 g/mol. The van der Waals surface area contributed by atoms with E-state index >= 15 is 0 Å². The third-order valence-corrected chi connectivity index (χ3v) is 6.86. The van der Waals surface area contributed by atoms with Crippen LogP contribution in [0.5, 0.6) is 0 Å². The number of likely N-dealkylation sites (tertiary alicyclic amines) is 1. The van der Waals surface area contributed by atoms with Crippen LogP contribution >= 0.6 is 0 Å². The molecule has 4 aliphatic rings. The fourth-order valence-corrected chi connectivity index (χ4v) is 5.07. The maximum atomic E-state index is 13.0. The summed E-state index contributed by atoms with van der Waals surface area (Å²) in [7, 11) is 0. The minimum absolute atomic E-state index is 0.0927. The summed E-state index contributed by atoms with van der Waals surface area (Å²) in [4.78, 5) is 64.6. The standard InChI is InChI=1S/C22H20N6O6/c29-18-4-3-16(19(30)23-18)27-9-11-1-2-12(7-14(11)20(27)31)28-10-15(24-25-28)21(32)26-6-5-13-8-17(26)22(33)34-13/h1-2,7,10,13,16-17H,3-6,8-9H2,(H,23,29,30). The van der Waals surface area contributed by atoms with Crippen LogP contribution in [0.25, 0.3) is 5.69 Å². The second kappa shape index (κ2) is 7.47. The van der Waals surface area contributed by atoms with Crippen molar-refractivity contribution in [3.63, 3.8) is 0 Å². The Bertz CT molecular complexity index is 1270. The van der Waals surface area contributed by atoms with Gasteiger partial charge in [0.05, 0.1) is 11.9 Å². The average Bonchev–Trinajstić information content (AvgIpc) is 3.51. The van der Waals surface area contributed by atoms with Crippen molar-refractivity contribution in [2.45, 2.75) is 50.4 Å². The zero-order chi connectivity index (χ0) is 23.6. The Labute approximate surface area is 192 Å². The molecule has 3 fully saturated rings. The number of hydrogen-bond acceptors (Lipinski definition) is 8. The molecule has 4 amide bonds. The van der Waals surface area contributed by atoms with E-state index in [9.17, 15) is 24.0 Å². The lowest BCUT2D eigenvalue weighted by Gasteiger charge is -2.29. The molecule has 34 heavy (non-hydrogen) atoms. The fourth-order valence-electron chi connectivity index (χ4n) is 5.07. The lowest BCUT2D eigenvalue weighted by molar-refractivity contribution is -0.143. The number of hydrogen-bond donors (Lipinski definition) is 1. The molecule has 3 atom stereocenters. The van der Waals surface area contributed by atoms with Crippen molar-refractivity contribution in [3.05, 3.63) is 41.2 Å². The summed E-state index contributed by atoms with van der Waals surface area (Å²) in [5, 5.41) is 10.3. The number of esters is 1. The minimum Gasteiger partial charge on any atom is -0.461 e. The summed E-state index contributed by atoms with van der Waals surface area (Å²) in [5.74, 6) is -1.88. The number of carbonyl (C=O) groups excluding carboxylic acids is 5. The van der Waals surface area contributed by atoms with Crippen LogP contribution in [0.4, 0.5) is 0 Å². The van der Waals surface area contributed by atoms with Crippen LogP contribution in [0.15, 0.2) is 24.4 Å². The molecule has 3 unspecified atom stereocenters. The molecule has 5 heterocycles. The topological polar surface area (TPSA) is 144 Å². The molecule has 2 aromatic rings. The molecule has 0 aliphatic carbocycles. The summed E-state index contributed by atoms with van der Waals surface area (Å²) in [5.41, 5.74) is 1.82. The minimum atomic E-state index is -0.692. The number of aromatic nitrogens is 3. The highest BCUT2D eigenvalue weighted by Gasteiger charge is 2.45. The number of imide groups is 1. The molecule has 174 valence electrons. The van der Waals surface area contributed by atoms with Crippen LogP contribution in [-0.4, -0.2) is 79.1 Å². The van der Waals surface area contributed by atoms with Crippen LogP contribution in [-0.2, 0) is 25.7 Å². The lowest BCUT2D eigenvalue weighted by Crippen LogP contribution is -2.52. The number of fused-ring (bicyclic) bond motifs is 3. The Morgan fingerprint density at radius 1 is 1.12 bits per heavy atom. The van der Waals surface area contributed by atoms with Crippen molar-refractivity contribution in [3.8, 4) is 5.69 Å². The summed E-state index contributed by atoms with van der Waals surface area (Å²) >= 11 is 0. The Hall–Kier alpha value is -4.09. The van der Waals surface area contributed by atoms with Gasteiger partial charge in [-0.25, -0.2) is 9.48 Å². The van der Waals surface area contributed by atoms with Crippen LogP contribution in [0.1, 0.15) is 52.1 Å². The highest BCUT2D eigenvalue weighted by molar-refractivity contribution is 6.05. The van der Waals surface area contributed by atoms with Gasteiger partial charge in [0.15, 0.2) is 5.69 Å². The van der Waals surface area contributed by atoms with E-state index in [1.807, 2.05) is 0 Å². The van der Waals surface area contributed by atoms with Crippen LogP contribution in [0, 0.1) is 0 Å². The van der Waals surface area contributed by atoms with Gasteiger partial charge in [-0.15, -0.1) is 5.10 Å². The molecule has 4 aliphatic heterocycles. The number of piperidine rings is 2. The highest BCUT2D eigenvalue weighted by atomic mass is 16.6. The molecule has 0 saturated carbocycles. The molecule has 0 spiro atoms. The normalized spacial score (nSPS) is 25.9. The van der Waals surface area contributed by atoms with Gasteiger partial charge in [-0.1, -0.05) is 11.3 Å². The summed E-state index contributed by atoms with van der Waals surface area (Å²) in [6.07, 6.45) is 2.91. The SMILES string of the molecule is O=C1CCC(N2Cc3ccc(-n4cc(C(=O)N5CCC6CC5C(=O)O6)nn4)cc3C2=O)C(=O)N1. The third-order valence-electron chi connectivity index (χ3n) is 6.86. The average molecular weight is 464 g/mol. The Balaban J connectivity index is 1.22. The van der Waals surface area contributed by atoms with Crippen molar-refractivity contribution >= 4 is 29.6 Å². The van der Waals surface area contributed by atoms with E-state index < -0.39 is 23.9 Å². The van der Waals surface area contributed by atoms with Gasteiger partial charge in [0.1, 0.15) is 18.2 Å². The predicted molar refractivity (Wildman–Crippen MR) is 111 cm³/mol. The van der Waals surface area contributed by atoms with Crippen molar-refractivity contribution in [2.24, 2.45) is 0 Å². The van der Waals surface area contributed by atoms with Gasteiger partial charge < -0.3 is 14.5 Å². The fraction of sp³-hybridized carbons (Fsp3) is 0.409. The second-order valence-electron chi connectivity index (χ2n) is 8.89. The van der Waals surface area contributed by atoms with E-state index in [-0.39, 0.29) is 49.0 Å². The molecule has 1 N–H and O–H groups in total. The molecular weight excluding hydrogens is 444 g/mol. The number of ether oxygens (including phenoxy) is 1. The number of carbonyl (C=O) groups is 5. The predicted octanol–water partition coefficient (Wildman–Crippen LogP) is -0.442. The van der Waals surface area contributed by atoms with Crippen molar-refractivity contribution < 1.29 is 28.7 Å². The molecule has 12 nitrogen and oxygen atoms in total. The molecule has 0 radical (unpaired) electrons. The van der Waals surface area contributed by atoms with E-state index in [1.165, 1.54) is 20.7 Å². The van der Waals surface area contributed by atoms with Gasteiger partial charge in [-0.2, -0.15) is 0 Å². The maximum Gasteiger partial charge on any atom is 0.329 e. The molecule has 6 rings (SSSR count). The molecule has 2 bridgehead atoms. The Morgan fingerprint density at radius 2 is 1.97 bits per heavy atom. The summed E-state index contributed by atoms with van der Waals surface area (Å²) < 4.78 is 6.64. The number of nitrogens with zero attached hydrogens (tertiary/aromatic N) is 5. The molecule has 12 heteroatoms. The first-order valence-electron chi connectivity index (χ1n) is 11.1. The lowest BCUT2D eigenvalue weighted by atomic mass is 10.0. The van der Waals surface area contributed by atoms with Crippen molar-refractivity contribution in [2.75, 3.05) is 6.54 Å². The molecule has 1 aromatic carbocycles. The first kappa shape index (κ1) is 20.5.